The Bertz CT molecular complexity index is 810. The van der Waals surface area contributed by atoms with Crippen LogP contribution >= 0.6 is 27.3 Å². The fourth-order valence-electron chi connectivity index (χ4n) is 1.83. The number of carbonyl (C=O) groups is 1. The molecule has 3 aromatic heterocycles. The van der Waals surface area contributed by atoms with Gasteiger partial charge in [-0.25, -0.2) is 0 Å². The second kappa shape index (κ2) is 5.45. The molecule has 0 saturated heterocycles. The van der Waals surface area contributed by atoms with E-state index < -0.39 is 0 Å². The van der Waals surface area contributed by atoms with E-state index in [4.69, 9.17) is 0 Å². The van der Waals surface area contributed by atoms with Crippen molar-refractivity contribution >= 4 is 54.8 Å². The van der Waals surface area contributed by atoms with E-state index in [9.17, 15) is 4.79 Å². The van der Waals surface area contributed by atoms with E-state index in [0.29, 0.717) is 10.6 Å². The highest BCUT2D eigenvalue weighted by atomic mass is 79.9. The van der Waals surface area contributed by atoms with Crippen molar-refractivity contribution in [3.8, 4) is 0 Å². The number of fused-ring (bicyclic) bond motifs is 1. The summed E-state index contributed by atoms with van der Waals surface area (Å²) in [5, 5.41) is 10.7. The first-order valence-electron chi connectivity index (χ1n) is 6.12. The van der Waals surface area contributed by atoms with Crippen LogP contribution in [-0.2, 0) is 0 Å². The lowest BCUT2D eigenvalue weighted by atomic mass is 10.3. The van der Waals surface area contributed by atoms with Crippen molar-refractivity contribution in [1.29, 1.82) is 0 Å². The molecular formula is C13H12BrN5OS. The molecule has 0 aromatic carbocycles. The van der Waals surface area contributed by atoms with Crippen LogP contribution < -0.4 is 10.2 Å². The van der Waals surface area contributed by atoms with E-state index >= 15 is 0 Å². The van der Waals surface area contributed by atoms with Crippen molar-refractivity contribution in [2.75, 3.05) is 24.3 Å². The molecule has 0 radical (unpaired) electrons. The first-order valence-corrected chi connectivity index (χ1v) is 7.72. The molecule has 1 amide bonds. The fourth-order valence-corrected chi connectivity index (χ4v) is 3.24. The molecule has 3 heterocycles. The molecule has 0 bridgehead atoms. The summed E-state index contributed by atoms with van der Waals surface area (Å²) in [6, 6.07) is 3.69. The SMILES string of the molecule is CN(C)c1cncc(NC(=O)c2cc3c(Br)[nH]nc3s2)c1. The number of aromatic amines is 1. The maximum atomic E-state index is 12.3. The molecule has 2 N–H and O–H groups in total. The third-order valence-electron chi connectivity index (χ3n) is 2.93. The third-order valence-corrected chi connectivity index (χ3v) is 4.56. The zero-order valence-corrected chi connectivity index (χ0v) is 13.7. The molecule has 3 rings (SSSR count). The van der Waals surface area contributed by atoms with Gasteiger partial charge in [-0.15, -0.1) is 11.3 Å². The fraction of sp³-hybridized carbons (Fsp3) is 0.154. The topological polar surface area (TPSA) is 73.9 Å². The van der Waals surface area contributed by atoms with Crippen molar-refractivity contribution < 1.29 is 4.79 Å². The number of aromatic nitrogens is 3. The molecule has 108 valence electrons. The van der Waals surface area contributed by atoms with Crippen LogP contribution in [-0.4, -0.2) is 35.2 Å². The number of anilines is 2. The number of nitrogens with one attached hydrogen (secondary N) is 2. The number of hydrogen-bond donors (Lipinski definition) is 2. The first kappa shape index (κ1) is 14.0. The normalized spacial score (nSPS) is 10.8. The van der Waals surface area contributed by atoms with Crippen LogP contribution in [0.4, 0.5) is 11.4 Å². The van der Waals surface area contributed by atoms with Gasteiger partial charge < -0.3 is 10.2 Å². The summed E-state index contributed by atoms with van der Waals surface area (Å²) in [7, 11) is 3.85. The van der Waals surface area contributed by atoms with Gasteiger partial charge in [0.1, 0.15) is 9.43 Å². The molecule has 8 heteroatoms. The number of thiophene rings is 1. The van der Waals surface area contributed by atoms with Crippen LogP contribution in [0.15, 0.2) is 29.1 Å². The van der Waals surface area contributed by atoms with Crippen molar-refractivity contribution in [2.45, 2.75) is 0 Å². The average molecular weight is 366 g/mol. The molecule has 0 fully saturated rings. The third kappa shape index (κ3) is 2.77. The highest BCUT2D eigenvalue weighted by Crippen LogP contribution is 2.29. The van der Waals surface area contributed by atoms with E-state index in [1.807, 2.05) is 31.1 Å². The predicted molar refractivity (Wildman–Crippen MR) is 88.2 cm³/mol. The number of nitrogens with zero attached hydrogens (tertiary/aromatic N) is 3. The van der Waals surface area contributed by atoms with Crippen LogP contribution in [0.2, 0.25) is 0 Å². The standard InChI is InChI=1S/C13H12BrN5OS/c1-19(2)8-3-7(5-15-6-8)16-12(20)10-4-9-11(14)17-18-13(9)21-10/h3-6H,1-2H3,(H,16,20)(H,17,18). The maximum Gasteiger partial charge on any atom is 0.265 e. The lowest BCUT2D eigenvalue weighted by molar-refractivity contribution is 0.103. The molecule has 0 saturated carbocycles. The first-order chi connectivity index (χ1) is 10.0. The van der Waals surface area contributed by atoms with Crippen LogP contribution in [0.3, 0.4) is 0 Å². The Hall–Kier alpha value is -1.93. The molecule has 3 aromatic rings. The minimum Gasteiger partial charge on any atom is -0.376 e. The van der Waals surface area contributed by atoms with E-state index in [2.05, 4.69) is 36.4 Å². The Balaban J connectivity index is 1.84. The van der Waals surface area contributed by atoms with Gasteiger partial charge in [-0.1, -0.05) is 0 Å². The smallest absolute Gasteiger partial charge is 0.265 e. The molecule has 0 aliphatic carbocycles. The van der Waals surface area contributed by atoms with E-state index in [1.54, 1.807) is 12.4 Å². The van der Waals surface area contributed by atoms with E-state index in [-0.39, 0.29) is 5.91 Å². The highest BCUT2D eigenvalue weighted by molar-refractivity contribution is 9.10. The summed E-state index contributed by atoms with van der Waals surface area (Å²) in [5.41, 5.74) is 1.59. The summed E-state index contributed by atoms with van der Waals surface area (Å²) in [6.45, 7) is 0. The Morgan fingerprint density at radius 3 is 2.90 bits per heavy atom. The highest BCUT2D eigenvalue weighted by Gasteiger charge is 2.14. The molecule has 0 aliphatic heterocycles. The van der Waals surface area contributed by atoms with Gasteiger partial charge in [-0.2, -0.15) is 5.10 Å². The summed E-state index contributed by atoms with van der Waals surface area (Å²) < 4.78 is 0.782. The number of amides is 1. The Labute approximate surface area is 133 Å². The number of halogens is 1. The van der Waals surface area contributed by atoms with Gasteiger partial charge in [0.15, 0.2) is 0 Å². The van der Waals surface area contributed by atoms with Gasteiger partial charge >= 0.3 is 0 Å². The zero-order chi connectivity index (χ0) is 15.0. The zero-order valence-electron chi connectivity index (χ0n) is 11.3. The monoisotopic (exact) mass is 365 g/mol. The van der Waals surface area contributed by atoms with E-state index in [1.165, 1.54) is 11.3 Å². The summed E-state index contributed by atoms with van der Waals surface area (Å²) >= 11 is 4.70. The Morgan fingerprint density at radius 1 is 1.38 bits per heavy atom. The Kier molecular flexibility index (Phi) is 3.64. The largest absolute Gasteiger partial charge is 0.376 e. The lowest BCUT2D eigenvalue weighted by Crippen LogP contribution is -2.13. The van der Waals surface area contributed by atoms with Gasteiger partial charge in [0, 0.05) is 19.5 Å². The van der Waals surface area contributed by atoms with Crippen molar-refractivity contribution in [3.63, 3.8) is 0 Å². The number of carbonyl (C=O) groups excluding carboxylic acids is 1. The molecule has 21 heavy (non-hydrogen) atoms. The quantitative estimate of drug-likeness (QED) is 0.747. The molecule has 0 aliphatic rings. The number of hydrogen-bond acceptors (Lipinski definition) is 5. The molecular weight excluding hydrogens is 354 g/mol. The van der Waals surface area contributed by atoms with Crippen molar-refractivity contribution in [1.82, 2.24) is 15.2 Å². The van der Waals surface area contributed by atoms with Gasteiger partial charge in [0.2, 0.25) is 0 Å². The molecule has 0 spiro atoms. The summed E-state index contributed by atoms with van der Waals surface area (Å²) in [5.74, 6) is -0.164. The number of H-pyrrole nitrogens is 1. The second-order valence-electron chi connectivity index (χ2n) is 4.65. The van der Waals surface area contributed by atoms with Gasteiger partial charge in [0.25, 0.3) is 5.91 Å². The maximum absolute atomic E-state index is 12.3. The minimum atomic E-state index is -0.164. The predicted octanol–water partition coefficient (Wildman–Crippen LogP) is 3.10. The minimum absolute atomic E-state index is 0.164. The molecule has 0 unspecified atom stereocenters. The molecule has 0 atom stereocenters. The van der Waals surface area contributed by atoms with E-state index in [0.717, 1.165) is 20.5 Å². The van der Waals surface area contributed by atoms with Crippen LogP contribution in [0.25, 0.3) is 10.2 Å². The Morgan fingerprint density at radius 2 is 2.19 bits per heavy atom. The van der Waals surface area contributed by atoms with Crippen LogP contribution in [0, 0.1) is 0 Å². The number of pyridine rings is 1. The number of rotatable bonds is 3. The second-order valence-corrected chi connectivity index (χ2v) is 6.47. The van der Waals surface area contributed by atoms with Gasteiger partial charge in [-0.3, -0.25) is 14.9 Å². The average Bonchev–Trinajstić information content (AvgIpc) is 3.02. The summed E-state index contributed by atoms with van der Waals surface area (Å²) in [6.07, 6.45) is 3.37. The van der Waals surface area contributed by atoms with Crippen molar-refractivity contribution in [3.05, 3.63) is 34.0 Å². The van der Waals surface area contributed by atoms with Gasteiger partial charge in [-0.05, 0) is 28.1 Å². The summed E-state index contributed by atoms with van der Waals surface area (Å²) in [4.78, 5) is 19.7. The molecule has 6 nitrogen and oxygen atoms in total. The van der Waals surface area contributed by atoms with Crippen molar-refractivity contribution in [2.24, 2.45) is 0 Å². The van der Waals surface area contributed by atoms with Gasteiger partial charge in [0.05, 0.1) is 28.6 Å². The van der Waals surface area contributed by atoms with Crippen LogP contribution in [0.1, 0.15) is 9.67 Å². The van der Waals surface area contributed by atoms with Crippen LogP contribution in [0.5, 0.6) is 0 Å². The lowest BCUT2D eigenvalue weighted by Gasteiger charge is -2.13.